The summed E-state index contributed by atoms with van der Waals surface area (Å²) in [4.78, 5) is 20.9. The second kappa shape index (κ2) is 9.16. The van der Waals surface area contributed by atoms with Crippen molar-refractivity contribution in [3.8, 4) is 17.2 Å². The van der Waals surface area contributed by atoms with Crippen molar-refractivity contribution in [1.82, 2.24) is 9.97 Å². The number of anilines is 2. The number of hydrogen-bond acceptors (Lipinski definition) is 8. The molecule has 0 aliphatic rings. The van der Waals surface area contributed by atoms with E-state index in [1.807, 2.05) is 0 Å². The fourth-order valence-corrected chi connectivity index (χ4v) is 2.95. The zero-order valence-electron chi connectivity index (χ0n) is 17.7. The Morgan fingerprint density at radius 3 is 2.16 bits per heavy atom. The predicted molar refractivity (Wildman–Crippen MR) is 110 cm³/mol. The maximum absolute atomic E-state index is 13.1. The van der Waals surface area contributed by atoms with E-state index in [4.69, 9.17) is 18.9 Å². The summed E-state index contributed by atoms with van der Waals surface area (Å²) < 4.78 is 60.3. The van der Waals surface area contributed by atoms with Crippen molar-refractivity contribution in [3.63, 3.8) is 0 Å². The Labute approximate surface area is 181 Å². The van der Waals surface area contributed by atoms with E-state index in [-0.39, 0.29) is 29.2 Å². The molecule has 1 heterocycles. The van der Waals surface area contributed by atoms with Crippen LogP contribution in [-0.4, -0.2) is 43.9 Å². The molecule has 1 aromatic heterocycles. The van der Waals surface area contributed by atoms with Crippen LogP contribution in [0.25, 0.3) is 11.0 Å². The SMILES string of the molecule is CCOC(=O)c1nc2ccc(C(F)(F)F)cc2nc1Nc1cc(OC)c(OC)c(OC)c1. The molecule has 0 aliphatic heterocycles. The van der Waals surface area contributed by atoms with Gasteiger partial charge in [-0.2, -0.15) is 13.2 Å². The van der Waals surface area contributed by atoms with E-state index < -0.39 is 17.7 Å². The van der Waals surface area contributed by atoms with Crippen molar-refractivity contribution in [1.29, 1.82) is 0 Å². The average Bonchev–Trinajstić information content (AvgIpc) is 2.76. The molecule has 11 heteroatoms. The molecule has 32 heavy (non-hydrogen) atoms. The number of methoxy groups -OCH3 is 3. The highest BCUT2D eigenvalue weighted by molar-refractivity contribution is 5.96. The fraction of sp³-hybridized carbons (Fsp3) is 0.286. The largest absolute Gasteiger partial charge is 0.493 e. The van der Waals surface area contributed by atoms with E-state index in [0.29, 0.717) is 22.9 Å². The third-order valence-corrected chi connectivity index (χ3v) is 4.39. The Kier molecular flexibility index (Phi) is 6.56. The summed E-state index contributed by atoms with van der Waals surface area (Å²) in [6.45, 7) is 1.70. The van der Waals surface area contributed by atoms with Crippen LogP contribution in [0.3, 0.4) is 0 Å². The van der Waals surface area contributed by atoms with Gasteiger partial charge in [-0.1, -0.05) is 0 Å². The summed E-state index contributed by atoms with van der Waals surface area (Å²) in [7, 11) is 4.30. The molecular weight excluding hydrogens is 431 g/mol. The van der Waals surface area contributed by atoms with E-state index >= 15 is 0 Å². The Morgan fingerprint density at radius 2 is 1.62 bits per heavy atom. The van der Waals surface area contributed by atoms with Crippen molar-refractivity contribution in [3.05, 3.63) is 41.6 Å². The van der Waals surface area contributed by atoms with Gasteiger partial charge in [0.15, 0.2) is 23.0 Å². The lowest BCUT2D eigenvalue weighted by Gasteiger charge is -2.16. The Hall–Kier alpha value is -3.76. The third kappa shape index (κ3) is 4.61. The summed E-state index contributed by atoms with van der Waals surface area (Å²) in [6, 6.07) is 5.98. The number of hydrogen-bond donors (Lipinski definition) is 1. The minimum Gasteiger partial charge on any atom is -0.493 e. The lowest BCUT2D eigenvalue weighted by Crippen LogP contribution is -2.13. The number of ether oxygens (including phenoxy) is 4. The molecule has 0 spiro atoms. The Balaban J connectivity index is 2.16. The van der Waals surface area contributed by atoms with Gasteiger partial charge in [0.25, 0.3) is 0 Å². The Morgan fingerprint density at radius 1 is 0.969 bits per heavy atom. The standard InChI is InChI=1S/C21H20F3N3O5/c1-5-32-20(28)17-19(25-12-9-15(29-2)18(31-4)16(10-12)30-3)27-14-8-11(21(22,23)24)6-7-13(14)26-17/h6-10H,5H2,1-4H3,(H,25,27). The lowest BCUT2D eigenvalue weighted by molar-refractivity contribution is -0.137. The van der Waals surface area contributed by atoms with Gasteiger partial charge in [0, 0.05) is 17.8 Å². The number of carbonyl (C=O) groups is 1. The molecule has 0 bridgehead atoms. The maximum atomic E-state index is 13.1. The minimum absolute atomic E-state index is 0.0529. The molecule has 0 radical (unpaired) electrons. The van der Waals surface area contributed by atoms with Crippen LogP contribution in [0.5, 0.6) is 17.2 Å². The normalized spacial score (nSPS) is 11.2. The smallest absolute Gasteiger partial charge is 0.416 e. The number of rotatable bonds is 7. The van der Waals surface area contributed by atoms with Crippen LogP contribution in [0.2, 0.25) is 0 Å². The van der Waals surface area contributed by atoms with Crippen molar-refractivity contribution in [2.75, 3.05) is 33.3 Å². The van der Waals surface area contributed by atoms with Gasteiger partial charge in [-0.25, -0.2) is 14.8 Å². The zero-order chi connectivity index (χ0) is 23.5. The van der Waals surface area contributed by atoms with Crippen LogP contribution < -0.4 is 19.5 Å². The van der Waals surface area contributed by atoms with Gasteiger partial charge >= 0.3 is 12.1 Å². The van der Waals surface area contributed by atoms with E-state index in [1.54, 1.807) is 19.1 Å². The van der Waals surface area contributed by atoms with E-state index in [0.717, 1.165) is 18.2 Å². The molecule has 8 nitrogen and oxygen atoms in total. The summed E-state index contributed by atoms with van der Waals surface area (Å²) >= 11 is 0. The van der Waals surface area contributed by atoms with Crippen LogP contribution in [0.1, 0.15) is 23.0 Å². The number of fused-ring (bicyclic) bond motifs is 1. The molecule has 0 aliphatic carbocycles. The van der Waals surface area contributed by atoms with Crippen molar-refractivity contribution in [2.45, 2.75) is 13.1 Å². The maximum Gasteiger partial charge on any atom is 0.416 e. The van der Waals surface area contributed by atoms with Gasteiger partial charge in [0.2, 0.25) is 5.75 Å². The molecule has 1 N–H and O–H groups in total. The minimum atomic E-state index is -4.56. The molecule has 0 saturated heterocycles. The van der Waals surface area contributed by atoms with E-state index in [9.17, 15) is 18.0 Å². The second-order valence-corrected chi connectivity index (χ2v) is 6.38. The van der Waals surface area contributed by atoms with Crippen LogP contribution in [0, 0.1) is 0 Å². The molecule has 3 rings (SSSR count). The third-order valence-electron chi connectivity index (χ3n) is 4.39. The number of halogens is 3. The fourth-order valence-electron chi connectivity index (χ4n) is 2.95. The lowest BCUT2D eigenvalue weighted by atomic mass is 10.2. The first-order chi connectivity index (χ1) is 15.2. The summed E-state index contributed by atoms with van der Waals surface area (Å²) in [5.74, 6) is 0.104. The van der Waals surface area contributed by atoms with Crippen molar-refractivity contribution in [2.24, 2.45) is 0 Å². The number of nitrogens with one attached hydrogen (secondary N) is 1. The zero-order valence-corrected chi connectivity index (χ0v) is 17.7. The predicted octanol–water partition coefficient (Wildman–Crippen LogP) is 4.59. The average molecular weight is 451 g/mol. The Bertz CT molecular complexity index is 1130. The summed E-state index contributed by atoms with van der Waals surface area (Å²) in [5.41, 5.74) is -0.653. The molecular formula is C21H20F3N3O5. The first-order valence-electron chi connectivity index (χ1n) is 9.35. The highest BCUT2D eigenvalue weighted by Crippen LogP contribution is 2.41. The topological polar surface area (TPSA) is 91.8 Å². The number of esters is 1. The van der Waals surface area contributed by atoms with Gasteiger partial charge in [0.1, 0.15) is 0 Å². The van der Waals surface area contributed by atoms with Crippen LogP contribution in [-0.2, 0) is 10.9 Å². The summed E-state index contributed by atoms with van der Waals surface area (Å²) in [6.07, 6.45) is -4.56. The molecule has 0 amide bonds. The first-order valence-corrected chi connectivity index (χ1v) is 9.35. The van der Waals surface area contributed by atoms with Crippen molar-refractivity contribution < 1.29 is 36.9 Å². The van der Waals surface area contributed by atoms with Crippen LogP contribution in [0.15, 0.2) is 30.3 Å². The second-order valence-electron chi connectivity index (χ2n) is 6.38. The van der Waals surface area contributed by atoms with Crippen LogP contribution >= 0.6 is 0 Å². The molecule has 0 unspecified atom stereocenters. The molecule has 3 aromatic rings. The van der Waals surface area contributed by atoms with Gasteiger partial charge < -0.3 is 24.3 Å². The molecule has 0 atom stereocenters. The van der Waals surface area contributed by atoms with Crippen LogP contribution in [0.4, 0.5) is 24.7 Å². The number of benzene rings is 2. The number of alkyl halides is 3. The number of nitrogens with zero attached hydrogens (tertiary/aromatic N) is 2. The molecule has 0 saturated carbocycles. The number of aromatic nitrogens is 2. The quantitative estimate of drug-likeness (QED) is 0.522. The van der Waals surface area contributed by atoms with E-state index in [2.05, 4.69) is 15.3 Å². The molecule has 170 valence electrons. The van der Waals surface area contributed by atoms with Crippen molar-refractivity contribution >= 4 is 28.5 Å². The summed E-state index contributed by atoms with van der Waals surface area (Å²) in [5, 5.41) is 2.89. The van der Waals surface area contributed by atoms with E-state index in [1.165, 1.54) is 21.3 Å². The molecule has 0 fully saturated rings. The van der Waals surface area contributed by atoms with Gasteiger partial charge in [-0.15, -0.1) is 0 Å². The van der Waals surface area contributed by atoms with Gasteiger partial charge in [0.05, 0.1) is 44.5 Å². The highest BCUT2D eigenvalue weighted by atomic mass is 19.4. The molecule has 2 aromatic carbocycles. The monoisotopic (exact) mass is 451 g/mol. The number of carbonyl (C=O) groups excluding carboxylic acids is 1. The van der Waals surface area contributed by atoms with Gasteiger partial charge in [-0.05, 0) is 25.1 Å². The van der Waals surface area contributed by atoms with Gasteiger partial charge in [-0.3, -0.25) is 0 Å². The highest BCUT2D eigenvalue weighted by Gasteiger charge is 2.31. The first kappa shape index (κ1) is 22.9.